The molecule has 3 nitrogen and oxygen atoms in total. The first-order chi connectivity index (χ1) is 10.4. The molecule has 1 amide bonds. The van der Waals surface area contributed by atoms with Crippen molar-refractivity contribution in [2.24, 2.45) is 0 Å². The van der Waals surface area contributed by atoms with E-state index in [1.807, 2.05) is 19.1 Å². The Labute approximate surface area is 125 Å². The van der Waals surface area contributed by atoms with Gasteiger partial charge in [0.1, 0.15) is 5.75 Å². The number of ether oxygens (including phenoxy) is 1. The van der Waals surface area contributed by atoms with Crippen molar-refractivity contribution < 1.29 is 22.7 Å². The molecule has 0 fully saturated rings. The SMILES string of the molecule is Cc1ccc(O[C@H](C)C(=O)Nc2ccc(F)c(F)c2F)cc1. The zero-order valence-corrected chi connectivity index (χ0v) is 12.0. The number of hydrogen-bond donors (Lipinski definition) is 1. The third-order valence-corrected chi connectivity index (χ3v) is 3.00. The minimum Gasteiger partial charge on any atom is -0.481 e. The van der Waals surface area contributed by atoms with Gasteiger partial charge in [0.25, 0.3) is 5.91 Å². The maximum atomic E-state index is 13.5. The minimum atomic E-state index is -1.63. The Morgan fingerprint density at radius 1 is 1.05 bits per heavy atom. The van der Waals surface area contributed by atoms with E-state index in [0.717, 1.165) is 17.7 Å². The number of aryl methyl sites for hydroxylation is 1. The second-order valence-corrected chi connectivity index (χ2v) is 4.79. The van der Waals surface area contributed by atoms with Crippen LogP contribution in [0.4, 0.5) is 18.9 Å². The second kappa shape index (κ2) is 6.51. The van der Waals surface area contributed by atoms with E-state index in [9.17, 15) is 18.0 Å². The van der Waals surface area contributed by atoms with Crippen LogP contribution in [0, 0.1) is 24.4 Å². The zero-order valence-electron chi connectivity index (χ0n) is 12.0. The van der Waals surface area contributed by atoms with E-state index in [-0.39, 0.29) is 0 Å². The van der Waals surface area contributed by atoms with E-state index >= 15 is 0 Å². The quantitative estimate of drug-likeness (QED) is 0.872. The number of rotatable bonds is 4. The molecule has 116 valence electrons. The normalized spacial score (nSPS) is 11.9. The molecule has 0 aromatic heterocycles. The predicted molar refractivity (Wildman–Crippen MR) is 76.2 cm³/mol. The van der Waals surface area contributed by atoms with Crippen LogP contribution < -0.4 is 10.1 Å². The molecule has 0 unspecified atom stereocenters. The topological polar surface area (TPSA) is 38.3 Å². The van der Waals surface area contributed by atoms with Gasteiger partial charge in [-0.1, -0.05) is 17.7 Å². The summed E-state index contributed by atoms with van der Waals surface area (Å²) in [7, 11) is 0. The van der Waals surface area contributed by atoms with Crippen LogP contribution in [0.5, 0.6) is 5.75 Å². The van der Waals surface area contributed by atoms with Crippen LogP contribution in [0.1, 0.15) is 12.5 Å². The zero-order chi connectivity index (χ0) is 16.3. The highest BCUT2D eigenvalue weighted by Gasteiger charge is 2.19. The molecular formula is C16H14F3NO2. The molecule has 0 saturated carbocycles. The first kappa shape index (κ1) is 15.9. The Bertz CT molecular complexity index is 687. The van der Waals surface area contributed by atoms with Crippen molar-refractivity contribution in [3.05, 3.63) is 59.4 Å². The average Bonchev–Trinajstić information content (AvgIpc) is 2.50. The Hall–Kier alpha value is -2.50. The molecule has 0 spiro atoms. The third-order valence-electron chi connectivity index (χ3n) is 3.00. The lowest BCUT2D eigenvalue weighted by Gasteiger charge is -2.15. The highest BCUT2D eigenvalue weighted by atomic mass is 19.2. The highest BCUT2D eigenvalue weighted by molar-refractivity contribution is 5.94. The molecule has 2 aromatic rings. The van der Waals surface area contributed by atoms with E-state index in [4.69, 9.17) is 4.74 Å². The summed E-state index contributed by atoms with van der Waals surface area (Å²) in [5.41, 5.74) is 0.594. The van der Waals surface area contributed by atoms with Gasteiger partial charge >= 0.3 is 0 Å². The third kappa shape index (κ3) is 3.58. The van der Waals surface area contributed by atoms with Gasteiger partial charge in [0.2, 0.25) is 0 Å². The summed E-state index contributed by atoms with van der Waals surface area (Å²) in [6, 6.07) is 8.70. The minimum absolute atomic E-state index is 0.441. The second-order valence-electron chi connectivity index (χ2n) is 4.79. The molecule has 0 bridgehead atoms. The largest absolute Gasteiger partial charge is 0.481 e. The predicted octanol–water partition coefficient (Wildman–Crippen LogP) is 3.82. The summed E-state index contributed by atoms with van der Waals surface area (Å²) in [6.45, 7) is 3.37. The summed E-state index contributed by atoms with van der Waals surface area (Å²) in [4.78, 5) is 11.9. The number of nitrogens with one attached hydrogen (secondary N) is 1. The first-order valence-corrected chi connectivity index (χ1v) is 6.56. The monoisotopic (exact) mass is 309 g/mol. The maximum absolute atomic E-state index is 13.5. The molecule has 0 aliphatic heterocycles. The molecule has 22 heavy (non-hydrogen) atoms. The molecule has 0 radical (unpaired) electrons. The number of halogens is 3. The molecule has 1 N–H and O–H groups in total. The highest BCUT2D eigenvalue weighted by Crippen LogP contribution is 2.20. The Kier molecular flexibility index (Phi) is 4.70. The molecule has 0 aliphatic rings. The van der Waals surface area contributed by atoms with Gasteiger partial charge in [-0.05, 0) is 38.1 Å². The van der Waals surface area contributed by atoms with Crippen LogP contribution in [-0.4, -0.2) is 12.0 Å². The fourth-order valence-electron chi connectivity index (χ4n) is 1.73. The fourth-order valence-corrected chi connectivity index (χ4v) is 1.73. The van der Waals surface area contributed by atoms with E-state index in [1.54, 1.807) is 12.1 Å². The van der Waals surface area contributed by atoms with E-state index in [0.29, 0.717) is 5.75 Å². The number of amides is 1. The lowest BCUT2D eigenvalue weighted by molar-refractivity contribution is -0.122. The first-order valence-electron chi connectivity index (χ1n) is 6.56. The number of hydrogen-bond acceptors (Lipinski definition) is 2. The van der Waals surface area contributed by atoms with Crippen molar-refractivity contribution in [1.82, 2.24) is 0 Å². The van der Waals surface area contributed by atoms with Crippen LogP contribution in [0.2, 0.25) is 0 Å². The summed E-state index contributed by atoms with van der Waals surface area (Å²) in [6.07, 6.45) is -0.935. The lowest BCUT2D eigenvalue weighted by atomic mass is 10.2. The number of carbonyl (C=O) groups excluding carboxylic acids is 1. The Balaban J connectivity index is 2.05. The smallest absolute Gasteiger partial charge is 0.265 e. The van der Waals surface area contributed by atoms with Crippen LogP contribution in [0.3, 0.4) is 0 Å². The number of carbonyl (C=O) groups is 1. The summed E-state index contributed by atoms with van der Waals surface area (Å²) in [5, 5.41) is 2.16. The number of benzene rings is 2. The molecule has 0 heterocycles. The van der Waals surface area contributed by atoms with Crippen molar-refractivity contribution in [3.8, 4) is 5.75 Å². The molecular weight excluding hydrogens is 295 g/mol. The van der Waals surface area contributed by atoms with Gasteiger partial charge in [0.15, 0.2) is 23.6 Å². The summed E-state index contributed by atoms with van der Waals surface area (Å²) < 4.78 is 44.8. The molecule has 2 aromatic carbocycles. The van der Waals surface area contributed by atoms with Crippen molar-refractivity contribution in [2.75, 3.05) is 5.32 Å². The van der Waals surface area contributed by atoms with Crippen molar-refractivity contribution in [2.45, 2.75) is 20.0 Å². The standard InChI is InChI=1S/C16H14F3NO2/c1-9-3-5-11(6-4-9)22-10(2)16(21)20-13-8-7-12(17)14(18)15(13)19/h3-8,10H,1-2H3,(H,20,21)/t10-/m1/s1. The van der Waals surface area contributed by atoms with Gasteiger partial charge in [-0.3, -0.25) is 4.79 Å². The van der Waals surface area contributed by atoms with Gasteiger partial charge in [0, 0.05) is 0 Å². The summed E-state index contributed by atoms with van der Waals surface area (Å²) in [5.74, 6) is -4.61. The lowest BCUT2D eigenvalue weighted by Crippen LogP contribution is -2.30. The van der Waals surface area contributed by atoms with Gasteiger partial charge < -0.3 is 10.1 Å². The molecule has 2 rings (SSSR count). The van der Waals surface area contributed by atoms with Crippen LogP contribution in [-0.2, 0) is 4.79 Å². The van der Waals surface area contributed by atoms with Gasteiger partial charge in [-0.2, -0.15) is 0 Å². The molecule has 6 heteroatoms. The van der Waals surface area contributed by atoms with E-state index in [2.05, 4.69) is 5.32 Å². The van der Waals surface area contributed by atoms with Gasteiger partial charge in [0.05, 0.1) is 5.69 Å². The van der Waals surface area contributed by atoms with E-state index in [1.165, 1.54) is 6.92 Å². The van der Waals surface area contributed by atoms with Crippen LogP contribution in [0.15, 0.2) is 36.4 Å². The van der Waals surface area contributed by atoms with Crippen molar-refractivity contribution >= 4 is 11.6 Å². The van der Waals surface area contributed by atoms with Gasteiger partial charge in [-0.25, -0.2) is 13.2 Å². The van der Waals surface area contributed by atoms with Crippen LogP contribution in [0.25, 0.3) is 0 Å². The maximum Gasteiger partial charge on any atom is 0.265 e. The molecule has 0 aliphatic carbocycles. The molecule has 1 atom stereocenters. The van der Waals surface area contributed by atoms with Crippen LogP contribution >= 0.6 is 0 Å². The molecule has 0 saturated heterocycles. The van der Waals surface area contributed by atoms with Gasteiger partial charge in [-0.15, -0.1) is 0 Å². The number of anilines is 1. The Morgan fingerprint density at radius 2 is 1.68 bits per heavy atom. The summed E-state index contributed by atoms with van der Waals surface area (Å²) >= 11 is 0. The fraction of sp³-hybridized carbons (Fsp3) is 0.188. The van der Waals surface area contributed by atoms with Crippen molar-refractivity contribution in [1.29, 1.82) is 0 Å². The Morgan fingerprint density at radius 3 is 2.32 bits per heavy atom. The van der Waals surface area contributed by atoms with Crippen molar-refractivity contribution in [3.63, 3.8) is 0 Å². The average molecular weight is 309 g/mol. The van der Waals surface area contributed by atoms with E-state index < -0.39 is 35.2 Å².